The van der Waals surface area contributed by atoms with Crippen LogP contribution in [0.15, 0.2) is 42.5 Å². The molecule has 0 aromatic heterocycles. The molecule has 0 aliphatic carbocycles. The van der Waals surface area contributed by atoms with E-state index in [9.17, 15) is 0 Å². The molecule has 1 aliphatic rings. The number of nitrogens with one attached hydrogen (secondary N) is 1. The summed E-state index contributed by atoms with van der Waals surface area (Å²) >= 11 is 0. The van der Waals surface area contributed by atoms with Gasteiger partial charge in [-0.2, -0.15) is 0 Å². The van der Waals surface area contributed by atoms with E-state index in [0.717, 1.165) is 37.6 Å². The molecule has 1 fully saturated rings. The van der Waals surface area contributed by atoms with Crippen LogP contribution in [0.1, 0.15) is 36.5 Å². The maximum atomic E-state index is 6.04. The van der Waals surface area contributed by atoms with E-state index in [1.807, 2.05) is 19.2 Å². The second-order valence-corrected chi connectivity index (χ2v) is 8.05. The zero-order valence-corrected chi connectivity index (χ0v) is 17.6. The van der Waals surface area contributed by atoms with Crippen LogP contribution >= 0.6 is 0 Å². The Balaban J connectivity index is 1.45. The van der Waals surface area contributed by atoms with E-state index in [2.05, 4.69) is 54.4 Å². The molecule has 1 aliphatic heterocycles. The molecule has 0 bridgehead atoms. The first kappa shape index (κ1) is 20.7. The Morgan fingerprint density at radius 3 is 2.68 bits per heavy atom. The standard InChI is InChI=1S/C24H35N3O/c1-18-6-4-7-21(15-25)24(18)8-5-13-27-16-20(14-19(27)2)17-28-23-11-9-22(26-3)10-12-23/h4,6-7,9-12,19-20,26H,5,8,13-17,25H2,1-3H3. The maximum absolute atomic E-state index is 6.04. The Bertz CT molecular complexity index is 744. The number of anilines is 1. The Kier molecular flexibility index (Phi) is 7.35. The van der Waals surface area contributed by atoms with Crippen molar-refractivity contribution in [2.75, 3.05) is 32.1 Å². The van der Waals surface area contributed by atoms with Crippen LogP contribution in [0.5, 0.6) is 5.75 Å². The molecule has 0 saturated carbocycles. The fraction of sp³-hybridized carbons (Fsp3) is 0.500. The molecule has 1 saturated heterocycles. The lowest BCUT2D eigenvalue weighted by molar-refractivity contribution is 0.232. The Morgan fingerprint density at radius 1 is 1.18 bits per heavy atom. The quantitative estimate of drug-likeness (QED) is 0.683. The van der Waals surface area contributed by atoms with Crippen LogP contribution in [-0.4, -0.2) is 37.7 Å². The summed E-state index contributed by atoms with van der Waals surface area (Å²) in [5.74, 6) is 1.57. The first-order valence-electron chi connectivity index (χ1n) is 10.5. The van der Waals surface area contributed by atoms with Crippen LogP contribution in [0.2, 0.25) is 0 Å². The molecule has 3 N–H and O–H groups in total. The molecule has 152 valence electrons. The van der Waals surface area contributed by atoms with E-state index >= 15 is 0 Å². The van der Waals surface area contributed by atoms with Crippen molar-refractivity contribution in [2.24, 2.45) is 11.7 Å². The second kappa shape index (κ2) is 9.94. The minimum Gasteiger partial charge on any atom is -0.493 e. The zero-order chi connectivity index (χ0) is 19.9. The third-order valence-corrected chi connectivity index (χ3v) is 6.02. The zero-order valence-electron chi connectivity index (χ0n) is 17.6. The largest absolute Gasteiger partial charge is 0.493 e. The van der Waals surface area contributed by atoms with Crippen molar-refractivity contribution in [1.82, 2.24) is 4.90 Å². The van der Waals surface area contributed by atoms with Gasteiger partial charge >= 0.3 is 0 Å². The molecule has 0 radical (unpaired) electrons. The van der Waals surface area contributed by atoms with E-state index in [-0.39, 0.29) is 0 Å². The van der Waals surface area contributed by atoms with E-state index in [4.69, 9.17) is 10.5 Å². The summed E-state index contributed by atoms with van der Waals surface area (Å²) in [4.78, 5) is 2.62. The van der Waals surface area contributed by atoms with Crippen molar-refractivity contribution in [2.45, 2.75) is 45.7 Å². The van der Waals surface area contributed by atoms with Crippen LogP contribution in [0.4, 0.5) is 5.69 Å². The van der Waals surface area contributed by atoms with Gasteiger partial charge in [-0.25, -0.2) is 0 Å². The predicted molar refractivity (Wildman–Crippen MR) is 118 cm³/mol. The fourth-order valence-corrected chi connectivity index (χ4v) is 4.35. The molecule has 0 amide bonds. The average Bonchev–Trinajstić information content (AvgIpc) is 3.07. The molecule has 2 unspecified atom stereocenters. The highest BCUT2D eigenvalue weighted by molar-refractivity contribution is 5.45. The van der Waals surface area contributed by atoms with Gasteiger partial charge in [0.1, 0.15) is 5.75 Å². The minimum atomic E-state index is 0.608. The summed E-state index contributed by atoms with van der Waals surface area (Å²) in [5, 5.41) is 3.14. The molecule has 28 heavy (non-hydrogen) atoms. The lowest BCUT2D eigenvalue weighted by atomic mass is 9.97. The van der Waals surface area contributed by atoms with Crippen molar-refractivity contribution in [3.63, 3.8) is 0 Å². The summed E-state index contributed by atoms with van der Waals surface area (Å²) in [6.07, 6.45) is 3.51. The molecule has 3 rings (SSSR count). The Morgan fingerprint density at radius 2 is 1.96 bits per heavy atom. The maximum Gasteiger partial charge on any atom is 0.119 e. The number of hydrogen-bond acceptors (Lipinski definition) is 4. The van der Waals surface area contributed by atoms with Crippen LogP contribution < -0.4 is 15.8 Å². The number of ether oxygens (including phenoxy) is 1. The first-order valence-corrected chi connectivity index (χ1v) is 10.5. The van der Waals surface area contributed by atoms with Gasteiger partial charge in [0.25, 0.3) is 0 Å². The van der Waals surface area contributed by atoms with Gasteiger partial charge in [0.15, 0.2) is 0 Å². The summed E-state index contributed by atoms with van der Waals surface area (Å²) in [6, 6.07) is 15.3. The summed E-state index contributed by atoms with van der Waals surface area (Å²) in [6.45, 7) is 8.26. The Hall–Kier alpha value is -2.04. The molecule has 4 heteroatoms. The van der Waals surface area contributed by atoms with Gasteiger partial charge < -0.3 is 20.7 Å². The monoisotopic (exact) mass is 381 g/mol. The van der Waals surface area contributed by atoms with Crippen LogP contribution in [0.3, 0.4) is 0 Å². The summed E-state index contributed by atoms with van der Waals surface area (Å²) < 4.78 is 6.04. The van der Waals surface area contributed by atoms with E-state index in [1.54, 1.807) is 0 Å². The highest BCUT2D eigenvalue weighted by Crippen LogP contribution is 2.25. The smallest absolute Gasteiger partial charge is 0.119 e. The third kappa shape index (κ3) is 5.27. The van der Waals surface area contributed by atoms with Crippen molar-refractivity contribution in [3.05, 3.63) is 59.2 Å². The van der Waals surface area contributed by atoms with Gasteiger partial charge in [0.05, 0.1) is 6.61 Å². The lowest BCUT2D eigenvalue weighted by Gasteiger charge is -2.21. The molecule has 2 aromatic carbocycles. The Labute approximate surface area is 170 Å². The van der Waals surface area contributed by atoms with Gasteiger partial charge in [-0.1, -0.05) is 18.2 Å². The number of benzene rings is 2. The van der Waals surface area contributed by atoms with Gasteiger partial charge in [-0.3, -0.25) is 0 Å². The first-order chi connectivity index (χ1) is 13.6. The van der Waals surface area contributed by atoms with E-state index < -0.39 is 0 Å². The molecule has 4 nitrogen and oxygen atoms in total. The predicted octanol–water partition coefficient (Wildman–Crippen LogP) is 4.22. The lowest BCUT2D eigenvalue weighted by Crippen LogP contribution is -2.29. The van der Waals surface area contributed by atoms with Gasteiger partial charge in [0, 0.05) is 37.8 Å². The van der Waals surface area contributed by atoms with E-state index in [1.165, 1.54) is 29.5 Å². The number of nitrogens with zero attached hydrogens (tertiary/aromatic N) is 1. The van der Waals surface area contributed by atoms with Crippen molar-refractivity contribution in [1.29, 1.82) is 0 Å². The van der Waals surface area contributed by atoms with Crippen LogP contribution in [-0.2, 0) is 13.0 Å². The topological polar surface area (TPSA) is 50.5 Å². The number of hydrogen-bond donors (Lipinski definition) is 2. The van der Waals surface area contributed by atoms with Crippen molar-refractivity contribution in [3.8, 4) is 5.75 Å². The summed E-state index contributed by atoms with van der Waals surface area (Å²) in [5.41, 5.74) is 11.1. The average molecular weight is 382 g/mol. The van der Waals surface area contributed by atoms with Gasteiger partial charge in [-0.05, 0) is 80.6 Å². The third-order valence-electron chi connectivity index (χ3n) is 6.02. The number of aryl methyl sites for hydroxylation is 1. The molecule has 2 atom stereocenters. The SMILES string of the molecule is CNc1ccc(OCC2CC(C)N(CCCc3c(C)cccc3CN)C2)cc1. The van der Waals surface area contributed by atoms with Crippen LogP contribution in [0.25, 0.3) is 0 Å². The molecule has 2 aromatic rings. The molecular formula is C24H35N3O. The molecule has 0 spiro atoms. The van der Waals surface area contributed by atoms with Crippen molar-refractivity contribution < 1.29 is 4.74 Å². The normalized spacial score (nSPS) is 19.7. The summed E-state index contributed by atoms with van der Waals surface area (Å²) in [7, 11) is 1.93. The highest BCUT2D eigenvalue weighted by atomic mass is 16.5. The number of likely N-dealkylation sites (tertiary alicyclic amines) is 1. The van der Waals surface area contributed by atoms with Gasteiger partial charge in [-0.15, -0.1) is 0 Å². The van der Waals surface area contributed by atoms with Crippen molar-refractivity contribution >= 4 is 5.69 Å². The fourth-order valence-electron chi connectivity index (χ4n) is 4.35. The molecular weight excluding hydrogens is 346 g/mol. The van der Waals surface area contributed by atoms with E-state index in [0.29, 0.717) is 18.5 Å². The number of nitrogens with two attached hydrogens (primary N) is 1. The molecule has 1 heterocycles. The van der Waals surface area contributed by atoms with Gasteiger partial charge in [0.2, 0.25) is 0 Å². The van der Waals surface area contributed by atoms with Crippen LogP contribution in [0, 0.1) is 12.8 Å². The number of rotatable bonds is 9. The highest BCUT2D eigenvalue weighted by Gasteiger charge is 2.29. The second-order valence-electron chi connectivity index (χ2n) is 8.05. The minimum absolute atomic E-state index is 0.608.